The molecule has 0 amide bonds. The van der Waals surface area contributed by atoms with Gasteiger partial charge in [0.15, 0.2) is 6.10 Å². The number of hydrogen-bond donors (Lipinski definition) is 1. The van der Waals surface area contributed by atoms with Crippen LogP contribution in [0.2, 0.25) is 10.0 Å². The Morgan fingerprint density at radius 2 is 2.24 bits per heavy atom. The van der Waals surface area contributed by atoms with Crippen LogP contribution in [0.5, 0.6) is 5.88 Å². The highest BCUT2D eigenvalue weighted by Gasteiger charge is 2.26. The van der Waals surface area contributed by atoms with Crippen molar-refractivity contribution in [1.29, 1.82) is 0 Å². The predicted molar refractivity (Wildman–Crippen MR) is 73.8 cm³/mol. The number of nitrogen functional groups attached to an aromatic ring is 1. The first kappa shape index (κ1) is 16.1. The van der Waals surface area contributed by atoms with Crippen LogP contribution in [0.15, 0.2) is 0 Å². The summed E-state index contributed by atoms with van der Waals surface area (Å²) in [6, 6.07) is 0. The molecule has 6 nitrogen and oxygen atoms in total. The summed E-state index contributed by atoms with van der Waals surface area (Å²) in [5.74, 6) is -2.03. The molecule has 1 aromatic rings. The molecule has 2 atom stereocenters. The van der Waals surface area contributed by atoms with Gasteiger partial charge in [0, 0.05) is 6.42 Å². The van der Waals surface area contributed by atoms with E-state index in [0.717, 1.165) is 6.42 Å². The molecule has 0 spiro atoms. The zero-order valence-corrected chi connectivity index (χ0v) is 12.6. The van der Waals surface area contributed by atoms with Gasteiger partial charge in [-0.1, -0.05) is 23.2 Å². The number of anilines is 1. The van der Waals surface area contributed by atoms with Crippen LogP contribution in [0.3, 0.4) is 0 Å². The van der Waals surface area contributed by atoms with E-state index in [1.807, 2.05) is 0 Å². The first-order valence-corrected chi connectivity index (χ1v) is 6.94. The summed E-state index contributed by atoms with van der Waals surface area (Å²) in [5, 5.41) is -0.569. The fourth-order valence-electron chi connectivity index (χ4n) is 1.67. The lowest BCUT2D eigenvalue weighted by atomic mass is 10.3. The second kappa shape index (κ2) is 6.64. The molecule has 116 valence electrons. The van der Waals surface area contributed by atoms with E-state index in [9.17, 15) is 9.18 Å². The highest BCUT2D eigenvalue weighted by Crippen LogP contribution is 2.35. The van der Waals surface area contributed by atoms with Crippen LogP contribution in [-0.2, 0) is 14.3 Å². The number of esters is 1. The van der Waals surface area contributed by atoms with Crippen LogP contribution < -0.4 is 10.5 Å². The van der Waals surface area contributed by atoms with Gasteiger partial charge in [-0.3, -0.25) is 0 Å². The van der Waals surface area contributed by atoms with Crippen LogP contribution in [0.4, 0.5) is 10.1 Å². The maximum Gasteiger partial charge on any atom is 0.349 e. The average molecular weight is 339 g/mol. The number of nitrogens with two attached hydrogens (primary N) is 1. The van der Waals surface area contributed by atoms with E-state index in [1.54, 1.807) is 0 Å². The molecule has 1 aromatic heterocycles. The molecule has 0 saturated carbocycles. The summed E-state index contributed by atoms with van der Waals surface area (Å²) in [4.78, 5) is 15.2. The number of aromatic nitrogens is 1. The van der Waals surface area contributed by atoms with Gasteiger partial charge in [-0.25, -0.2) is 4.79 Å². The lowest BCUT2D eigenvalue weighted by molar-refractivity contribution is -0.177. The minimum absolute atomic E-state index is 0.168. The van der Waals surface area contributed by atoms with Gasteiger partial charge in [-0.05, 0) is 13.3 Å². The Kier molecular flexibility index (Phi) is 5.08. The molecule has 0 radical (unpaired) electrons. The molecule has 21 heavy (non-hydrogen) atoms. The number of carbonyl (C=O) groups excluding carboxylic acids is 1. The normalized spacial score (nSPS) is 19.3. The standard InChI is InChI=1S/C12H13Cl2FN2O4/c1-5(12(18)21-6-3-2-4-19-6)20-11-8(14)9(16)7(13)10(15)17-11/h5-6H,2-4H2,1H3,(H2,16,17)/t5-,6?/m1/s1. The smallest absolute Gasteiger partial charge is 0.349 e. The average Bonchev–Trinajstić information content (AvgIpc) is 2.95. The molecule has 1 saturated heterocycles. The monoisotopic (exact) mass is 338 g/mol. The molecule has 2 heterocycles. The molecular weight excluding hydrogens is 326 g/mol. The third-order valence-electron chi connectivity index (χ3n) is 2.80. The summed E-state index contributed by atoms with van der Waals surface area (Å²) in [6.07, 6.45) is -0.197. The number of pyridine rings is 1. The predicted octanol–water partition coefficient (Wildman–Crippen LogP) is 2.56. The zero-order valence-electron chi connectivity index (χ0n) is 11.1. The minimum Gasteiger partial charge on any atom is -0.461 e. The Balaban J connectivity index is 2.05. The van der Waals surface area contributed by atoms with Gasteiger partial charge < -0.3 is 19.9 Å². The van der Waals surface area contributed by atoms with Crippen LogP contribution in [0.25, 0.3) is 0 Å². The number of rotatable bonds is 4. The second-order valence-electron chi connectivity index (χ2n) is 4.39. The van der Waals surface area contributed by atoms with Crippen molar-refractivity contribution in [3.63, 3.8) is 0 Å². The van der Waals surface area contributed by atoms with Gasteiger partial charge in [-0.15, -0.1) is 0 Å². The van der Waals surface area contributed by atoms with Crippen molar-refractivity contribution in [2.45, 2.75) is 32.2 Å². The first-order valence-electron chi connectivity index (χ1n) is 6.19. The van der Waals surface area contributed by atoms with E-state index < -0.39 is 29.3 Å². The molecular formula is C12H13Cl2FN2O4. The van der Waals surface area contributed by atoms with Crippen molar-refractivity contribution >= 4 is 34.9 Å². The molecule has 0 aromatic carbocycles. The highest BCUT2D eigenvalue weighted by atomic mass is 35.5. The first-order chi connectivity index (χ1) is 9.90. The van der Waals surface area contributed by atoms with E-state index >= 15 is 0 Å². The van der Waals surface area contributed by atoms with E-state index in [-0.39, 0.29) is 16.6 Å². The van der Waals surface area contributed by atoms with E-state index in [0.29, 0.717) is 13.0 Å². The van der Waals surface area contributed by atoms with Crippen LogP contribution in [0, 0.1) is 5.95 Å². The summed E-state index contributed by atoms with van der Waals surface area (Å²) >= 11 is 11.4. The van der Waals surface area contributed by atoms with E-state index in [2.05, 4.69) is 4.98 Å². The number of ether oxygens (including phenoxy) is 3. The molecule has 1 unspecified atom stereocenters. The van der Waals surface area contributed by atoms with Crippen LogP contribution in [-0.4, -0.2) is 30.0 Å². The molecule has 1 fully saturated rings. The topological polar surface area (TPSA) is 83.7 Å². The Hall–Kier alpha value is -1.31. The number of halogens is 3. The lowest BCUT2D eigenvalue weighted by Crippen LogP contribution is -2.30. The van der Waals surface area contributed by atoms with Crippen molar-refractivity contribution in [3.05, 3.63) is 16.0 Å². The third-order valence-corrected chi connectivity index (χ3v) is 3.52. The maximum atomic E-state index is 13.4. The van der Waals surface area contributed by atoms with Gasteiger partial charge in [0.2, 0.25) is 18.1 Å². The molecule has 1 aliphatic heterocycles. The lowest BCUT2D eigenvalue weighted by Gasteiger charge is -2.17. The summed E-state index contributed by atoms with van der Waals surface area (Å²) in [5.41, 5.74) is 5.30. The fraction of sp³-hybridized carbons (Fsp3) is 0.500. The van der Waals surface area contributed by atoms with Gasteiger partial charge in [0.05, 0.1) is 12.3 Å². The van der Waals surface area contributed by atoms with E-state index in [4.69, 9.17) is 43.1 Å². The summed E-state index contributed by atoms with van der Waals surface area (Å²) < 4.78 is 28.8. The van der Waals surface area contributed by atoms with Gasteiger partial charge in [0.25, 0.3) is 0 Å². The zero-order chi connectivity index (χ0) is 15.6. The minimum atomic E-state index is -1.06. The number of hydrogen-bond acceptors (Lipinski definition) is 6. The SMILES string of the molecule is C[C@@H](Oc1nc(F)c(Cl)c(N)c1Cl)C(=O)OC1CCCO1. The van der Waals surface area contributed by atoms with Crippen LogP contribution >= 0.6 is 23.2 Å². The van der Waals surface area contributed by atoms with Gasteiger partial charge >= 0.3 is 5.97 Å². The fourth-order valence-corrected chi connectivity index (χ4v) is 2.04. The van der Waals surface area contributed by atoms with Crippen molar-refractivity contribution in [3.8, 4) is 5.88 Å². The summed E-state index contributed by atoms with van der Waals surface area (Å²) in [6.45, 7) is 1.96. The molecule has 0 bridgehead atoms. The Morgan fingerprint density at radius 3 is 2.86 bits per heavy atom. The second-order valence-corrected chi connectivity index (χ2v) is 5.14. The third kappa shape index (κ3) is 3.66. The largest absolute Gasteiger partial charge is 0.461 e. The van der Waals surface area contributed by atoms with Crippen molar-refractivity contribution in [1.82, 2.24) is 4.98 Å². The van der Waals surface area contributed by atoms with Crippen molar-refractivity contribution in [2.75, 3.05) is 12.3 Å². The molecule has 9 heteroatoms. The molecule has 0 aliphatic carbocycles. The highest BCUT2D eigenvalue weighted by molar-refractivity contribution is 6.39. The van der Waals surface area contributed by atoms with E-state index in [1.165, 1.54) is 6.92 Å². The van der Waals surface area contributed by atoms with Crippen molar-refractivity contribution in [2.24, 2.45) is 0 Å². The van der Waals surface area contributed by atoms with Gasteiger partial charge in [0.1, 0.15) is 10.0 Å². The maximum absolute atomic E-state index is 13.4. The molecule has 2 rings (SSSR count). The summed E-state index contributed by atoms with van der Waals surface area (Å²) in [7, 11) is 0. The number of carbonyl (C=O) groups is 1. The molecule has 2 N–H and O–H groups in total. The van der Waals surface area contributed by atoms with Crippen molar-refractivity contribution < 1.29 is 23.4 Å². The number of nitrogens with zero attached hydrogens (tertiary/aromatic N) is 1. The quantitative estimate of drug-likeness (QED) is 0.670. The Labute approximate surface area is 130 Å². The van der Waals surface area contributed by atoms with Gasteiger partial charge in [-0.2, -0.15) is 9.37 Å². The Bertz CT molecular complexity index is 553. The van der Waals surface area contributed by atoms with Crippen LogP contribution in [0.1, 0.15) is 19.8 Å². The Morgan fingerprint density at radius 1 is 1.52 bits per heavy atom. The molecule has 1 aliphatic rings.